The molecule has 0 unspecified atom stereocenters. The van der Waals surface area contributed by atoms with Crippen LogP contribution in [-0.2, 0) is 19.4 Å². The number of amides is 2. The summed E-state index contributed by atoms with van der Waals surface area (Å²) in [4.78, 5) is 25.5. The van der Waals surface area contributed by atoms with E-state index in [2.05, 4.69) is 10.4 Å². The third-order valence-corrected chi connectivity index (χ3v) is 7.04. The lowest BCUT2D eigenvalue weighted by Crippen LogP contribution is -2.44. The fourth-order valence-electron chi connectivity index (χ4n) is 2.94. The van der Waals surface area contributed by atoms with Gasteiger partial charge in [-0.3, -0.25) is 9.59 Å². The zero-order valence-electron chi connectivity index (χ0n) is 14.3. The van der Waals surface area contributed by atoms with Crippen LogP contribution in [0.25, 0.3) is 0 Å². The van der Waals surface area contributed by atoms with Gasteiger partial charge in [0.15, 0.2) is 9.84 Å². The van der Waals surface area contributed by atoms with Crippen molar-refractivity contribution >= 4 is 39.1 Å². The summed E-state index contributed by atoms with van der Waals surface area (Å²) >= 11 is 1.64. The van der Waals surface area contributed by atoms with Crippen LogP contribution in [-0.4, -0.2) is 60.8 Å². The predicted octanol–water partition coefficient (Wildman–Crippen LogP) is 1.06. The van der Waals surface area contributed by atoms with Gasteiger partial charge in [0.1, 0.15) is 5.71 Å². The molecule has 9 heteroatoms. The Morgan fingerprint density at radius 2 is 2.04 bits per heavy atom. The molecule has 2 aliphatic heterocycles. The highest BCUT2D eigenvalue weighted by molar-refractivity contribution is 7.99. The second-order valence-electron chi connectivity index (χ2n) is 6.26. The van der Waals surface area contributed by atoms with E-state index in [0.29, 0.717) is 18.7 Å². The number of hydrogen-bond donors (Lipinski definition) is 1. The summed E-state index contributed by atoms with van der Waals surface area (Å²) in [6, 6.07) is 9.45. The second-order valence-corrected chi connectivity index (χ2v) is 9.66. The van der Waals surface area contributed by atoms with E-state index in [0.717, 1.165) is 10.6 Å². The first-order chi connectivity index (χ1) is 12.4. The molecule has 7 nitrogen and oxygen atoms in total. The van der Waals surface area contributed by atoms with E-state index in [9.17, 15) is 18.0 Å². The van der Waals surface area contributed by atoms with Crippen molar-refractivity contribution in [2.24, 2.45) is 5.10 Å². The third-order valence-electron chi connectivity index (χ3n) is 4.28. The van der Waals surface area contributed by atoms with Gasteiger partial charge in [-0.1, -0.05) is 18.2 Å². The van der Waals surface area contributed by atoms with E-state index in [-0.39, 0.29) is 36.2 Å². The zero-order valence-corrected chi connectivity index (χ0v) is 15.9. The molecule has 1 atom stereocenters. The van der Waals surface area contributed by atoms with Crippen LogP contribution in [0.2, 0.25) is 0 Å². The normalized spacial score (nSPS) is 22.2. The summed E-state index contributed by atoms with van der Waals surface area (Å²) in [7, 11) is -3.12. The molecule has 26 heavy (non-hydrogen) atoms. The summed E-state index contributed by atoms with van der Waals surface area (Å²) in [5, 5.41) is 8.19. The minimum atomic E-state index is -3.12. The lowest BCUT2D eigenvalue weighted by Gasteiger charge is -2.27. The summed E-state index contributed by atoms with van der Waals surface area (Å²) in [5.74, 6) is 0.201. The van der Waals surface area contributed by atoms with Crippen LogP contribution in [0.3, 0.4) is 0 Å². The van der Waals surface area contributed by atoms with Crippen LogP contribution < -0.4 is 5.32 Å². The number of hydrazone groups is 1. The molecular formula is C17H21N3O4S2. The molecule has 3 rings (SSSR count). The predicted molar refractivity (Wildman–Crippen MR) is 101 cm³/mol. The highest BCUT2D eigenvalue weighted by atomic mass is 32.2. The lowest BCUT2D eigenvalue weighted by molar-refractivity contribution is -0.133. The molecule has 0 aromatic heterocycles. The number of nitrogens with zero attached hydrogens (tertiary/aromatic N) is 2. The average molecular weight is 396 g/mol. The molecule has 0 radical (unpaired) electrons. The molecule has 2 heterocycles. The summed E-state index contributed by atoms with van der Waals surface area (Å²) in [6.45, 7) is 0.489. The molecular weight excluding hydrogens is 374 g/mol. The number of nitrogens with one attached hydrogen (secondary N) is 1. The van der Waals surface area contributed by atoms with Crippen molar-refractivity contribution in [3.63, 3.8) is 0 Å². The Hall–Kier alpha value is -1.87. The quantitative estimate of drug-likeness (QED) is 0.574. The molecule has 0 bridgehead atoms. The maximum Gasteiger partial charge on any atom is 0.267 e. The number of benzene rings is 1. The average Bonchev–Trinajstić information content (AvgIpc) is 2.99. The lowest BCUT2D eigenvalue weighted by atomic mass is 10.1. The first kappa shape index (κ1) is 18.9. The van der Waals surface area contributed by atoms with Gasteiger partial charge >= 0.3 is 0 Å². The van der Waals surface area contributed by atoms with E-state index in [1.165, 1.54) is 5.01 Å². The van der Waals surface area contributed by atoms with Gasteiger partial charge in [0.25, 0.3) is 5.91 Å². The first-order valence-electron chi connectivity index (χ1n) is 8.50. The Morgan fingerprint density at radius 3 is 2.73 bits per heavy atom. The van der Waals surface area contributed by atoms with Gasteiger partial charge in [-0.25, -0.2) is 13.4 Å². The zero-order chi connectivity index (χ0) is 18.6. The smallest absolute Gasteiger partial charge is 0.267 e. The number of hydrogen-bond acceptors (Lipinski definition) is 6. The standard InChI is InChI=1S/C17H21N3O4S2/c21-16-7-6-15(19-20(16)13-8-11-26(23,24)12-13)17(22)18-9-10-25-14-4-2-1-3-5-14/h1-5,13H,6-12H2,(H,18,22)/t13-/m0/s1. The number of rotatable bonds is 6. The van der Waals surface area contributed by atoms with Gasteiger partial charge in [0.05, 0.1) is 17.5 Å². The van der Waals surface area contributed by atoms with Crippen LogP contribution in [0.5, 0.6) is 0 Å². The molecule has 140 valence electrons. The molecule has 2 aliphatic rings. The Balaban J connectivity index is 1.53. The van der Waals surface area contributed by atoms with Crippen molar-refractivity contribution in [3.05, 3.63) is 30.3 Å². The van der Waals surface area contributed by atoms with Crippen molar-refractivity contribution in [3.8, 4) is 0 Å². The first-order valence-corrected chi connectivity index (χ1v) is 11.3. The van der Waals surface area contributed by atoms with Crippen LogP contribution in [0.4, 0.5) is 0 Å². The monoisotopic (exact) mass is 395 g/mol. The summed E-state index contributed by atoms with van der Waals surface area (Å²) in [5.41, 5.74) is 0.290. The van der Waals surface area contributed by atoms with Crippen molar-refractivity contribution < 1.29 is 18.0 Å². The molecule has 1 fully saturated rings. The number of thioether (sulfide) groups is 1. The Bertz CT molecular complexity index is 809. The highest BCUT2D eigenvalue weighted by Gasteiger charge is 2.37. The van der Waals surface area contributed by atoms with Crippen molar-refractivity contribution in [1.82, 2.24) is 10.3 Å². The molecule has 1 aromatic carbocycles. The van der Waals surface area contributed by atoms with Crippen LogP contribution in [0.1, 0.15) is 19.3 Å². The number of sulfone groups is 1. The van der Waals surface area contributed by atoms with Crippen molar-refractivity contribution in [1.29, 1.82) is 0 Å². The minimum absolute atomic E-state index is 0.0647. The molecule has 1 saturated heterocycles. The van der Waals surface area contributed by atoms with Gasteiger partial charge < -0.3 is 5.32 Å². The summed E-state index contributed by atoms with van der Waals surface area (Å²) in [6.07, 6.45) is 0.841. The molecule has 0 aliphatic carbocycles. The van der Waals surface area contributed by atoms with E-state index in [1.54, 1.807) is 11.8 Å². The molecule has 2 amide bonds. The fraction of sp³-hybridized carbons (Fsp3) is 0.471. The Morgan fingerprint density at radius 1 is 1.27 bits per heavy atom. The second kappa shape index (κ2) is 8.22. The van der Waals surface area contributed by atoms with Gasteiger partial charge in [0, 0.05) is 30.0 Å². The Labute approximate surface area is 157 Å². The van der Waals surface area contributed by atoms with Crippen LogP contribution in [0, 0.1) is 0 Å². The molecule has 0 saturated carbocycles. The van der Waals surface area contributed by atoms with Gasteiger partial charge in [0.2, 0.25) is 5.91 Å². The number of carbonyl (C=O) groups excluding carboxylic acids is 2. The Kier molecular flexibility index (Phi) is 5.98. The van der Waals surface area contributed by atoms with Gasteiger partial charge in [-0.2, -0.15) is 5.10 Å². The molecule has 1 N–H and O–H groups in total. The van der Waals surface area contributed by atoms with E-state index in [1.807, 2.05) is 30.3 Å². The van der Waals surface area contributed by atoms with E-state index < -0.39 is 15.9 Å². The van der Waals surface area contributed by atoms with Gasteiger partial charge in [-0.15, -0.1) is 11.8 Å². The SMILES string of the molecule is O=C(NCCSc1ccccc1)C1=NN([C@H]2CCS(=O)(=O)C2)C(=O)CC1. The molecule has 1 aromatic rings. The maximum atomic E-state index is 12.3. The largest absolute Gasteiger partial charge is 0.350 e. The topological polar surface area (TPSA) is 95.9 Å². The minimum Gasteiger partial charge on any atom is -0.350 e. The highest BCUT2D eigenvalue weighted by Crippen LogP contribution is 2.22. The molecule has 0 spiro atoms. The van der Waals surface area contributed by atoms with Crippen molar-refractivity contribution in [2.45, 2.75) is 30.2 Å². The summed E-state index contributed by atoms with van der Waals surface area (Å²) < 4.78 is 23.3. The fourth-order valence-corrected chi connectivity index (χ4v) is 5.42. The van der Waals surface area contributed by atoms with E-state index in [4.69, 9.17) is 0 Å². The van der Waals surface area contributed by atoms with Crippen molar-refractivity contribution in [2.75, 3.05) is 23.8 Å². The van der Waals surface area contributed by atoms with E-state index >= 15 is 0 Å². The maximum absolute atomic E-state index is 12.3. The van der Waals surface area contributed by atoms with Crippen LogP contribution >= 0.6 is 11.8 Å². The van der Waals surface area contributed by atoms with Gasteiger partial charge in [-0.05, 0) is 18.6 Å². The third kappa shape index (κ3) is 4.85. The van der Waals surface area contributed by atoms with Crippen LogP contribution in [0.15, 0.2) is 40.3 Å². The number of carbonyl (C=O) groups is 2.